The van der Waals surface area contributed by atoms with Gasteiger partial charge >= 0.3 is 0 Å². The van der Waals surface area contributed by atoms with Crippen LogP contribution in [0, 0.1) is 0 Å². The molecule has 2 rings (SSSR count). The average molecular weight is 257 g/mol. The smallest absolute Gasteiger partial charge is 0.251 e. The maximum Gasteiger partial charge on any atom is 0.251 e. The van der Waals surface area contributed by atoms with Gasteiger partial charge in [-0.05, 0) is 28.1 Å². The van der Waals surface area contributed by atoms with E-state index >= 15 is 0 Å². The van der Waals surface area contributed by atoms with Gasteiger partial charge in [-0.15, -0.1) is 0 Å². The van der Waals surface area contributed by atoms with Crippen molar-refractivity contribution in [1.29, 1.82) is 0 Å². The topological polar surface area (TPSA) is 51.2 Å². The van der Waals surface area contributed by atoms with Crippen LogP contribution in [0.3, 0.4) is 0 Å². The number of carbonyl (C=O) groups excluding carboxylic acids is 1. The molecule has 0 unspecified atom stereocenters. The van der Waals surface area contributed by atoms with E-state index in [2.05, 4.69) is 26.2 Å². The highest BCUT2D eigenvalue weighted by atomic mass is 79.9. The summed E-state index contributed by atoms with van der Waals surface area (Å²) in [6, 6.07) is 3.53. The molecule has 1 aliphatic heterocycles. The van der Waals surface area contributed by atoms with Crippen LogP contribution >= 0.6 is 15.9 Å². The summed E-state index contributed by atoms with van der Waals surface area (Å²) in [6.07, 6.45) is 1.59. The van der Waals surface area contributed by atoms with E-state index in [4.69, 9.17) is 4.74 Å². The third kappa shape index (κ3) is 2.10. The Morgan fingerprint density at radius 1 is 1.64 bits per heavy atom. The van der Waals surface area contributed by atoms with Gasteiger partial charge in [-0.1, -0.05) is 0 Å². The summed E-state index contributed by atoms with van der Waals surface area (Å²) in [5.74, 6) is -0.0820. The van der Waals surface area contributed by atoms with Crippen molar-refractivity contribution < 1.29 is 9.53 Å². The fourth-order valence-corrected chi connectivity index (χ4v) is 1.50. The number of rotatable bonds is 2. The predicted octanol–water partition coefficient (Wildman–Crippen LogP) is 0.973. The quantitative estimate of drug-likeness (QED) is 0.803. The lowest BCUT2D eigenvalue weighted by atomic mass is 10.2. The molecular formula is C9H9BrN2O2. The molecule has 0 aliphatic carbocycles. The van der Waals surface area contributed by atoms with Gasteiger partial charge in [0.25, 0.3) is 5.91 Å². The first-order chi connectivity index (χ1) is 6.75. The number of amides is 1. The molecule has 4 nitrogen and oxygen atoms in total. The molecule has 2 heterocycles. The molecule has 1 saturated heterocycles. The standard InChI is InChI=1S/C9H9BrN2O2/c10-8-3-6(1-2-11-8)9(13)12-7-4-14-5-7/h1-3,7H,4-5H2,(H,12,13). The van der Waals surface area contributed by atoms with Gasteiger partial charge in [0.05, 0.1) is 19.3 Å². The molecule has 1 fully saturated rings. The summed E-state index contributed by atoms with van der Waals surface area (Å²) in [7, 11) is 0. The molecule has 1 aliphatic rings. The second kappa shape index (κ2) is 4.06. The molecule has 1 amide bonds. The Labute approximate surface area is 89.8 Å². The lowest BCUT2D eigenvalue weighted by molar-refractivity contribution is -0.00346. The number of hydrogen-bond donors (Lipinski definition) is 1. The summed E-state index contributed by atoms with van der Waals surface area (Å²) >= 11 is 3.21. The first-order valence-electron chi connectivity index (χ1n) is 4.26. The summed E-state index contributed by atoms with van der Waals surface area (Å²) in [5.41, 5.74) is 0.610. The number of hydrogen-bond acceptors (Lipinski definition) is 3. The van der Waals surface area contributed by atoms with Gasteiger partial charge in [0.1, 0.15) is 4.60 Å². The minimum atomic E-state index is -0.0820. The Bertz CT molecular complexity index is 352. The van der Waals surface area contributed by atoms with Crippen LogP contribution in [0.1, 0.15) is 10.4 Å². The summed E-state index contributed by atoms with van der Waals surface area (Å²) in [6.45, 7) is 1.22. The molecule has 0 spiro atoms. The van der Waals surface area contributed by atoms with Crippen LogP contribution in [0.5, 0.6) is 0 Å². The molecule has 0 saturated carbocycles. The number of carbonyl (C=O) groups is 1. The Hall–Kier alpha value is -0.940. The van der Waals surface area contributed by atoms with E-state index in [1.54, 1.807) is 18.3 Å². The van der Waals surface area contributed by atoms with Crippen molar-refractivity contribution in [1.82, 2.24) is 10.3 Å². The van der Waals surface area contributed by atoms with Crippen LogP contribution in [0.4, 0.5) is 0 Å². The van der Waals surface area contributed by atoms with E-state index in [0.717, 1.165) is 0 Å². The first-order valence-corrected chi connectivity index (χ1v) is 5.05. The predicted molar refractivity (Wildman–Crippen MR) is 54.0 cm³/mol. The fraction of sp³-hybridized carbons (Fsp3) is 0.333. The van der Waals surface area contributed by atoms with Gasteiger partial charge in [0, 0.05) is 11.8 Å². The molecule has 0 radical (unpaired) electrons. The second-order valence-corrected chi connectivity index (χ2v) is 3.89. The van der Waals surface area contributed by atoms with Gasteiger partial charge in [-0.2, -0.15) is 0 Å². The maximum absolute atomic E-state index is 11.6. The molecule has 0 aromatic carbocycles. The largest absolute Gasteiger partial charge is 0.377 e. The second-order valence-electron chi connectivity index (χ2n) is 3.08. The van der Waals surface area contributed by atoms with Gasteiger partial charge in [0.15, 0.2) is 0 Å². The highest BCUT2D eigenvalue weighted by Crippen LogP contribution is 2.09. The van der Waals surface area contributed by atoms with Crippen molar-refractivity contribution in [2.45, 2.75) is 6.04 Å². The van der Waals surface area contributed by atoms with Crippen molar-refractivity contribution in [2.75, 3.05) is 13.2 Å². The highest BCUT2D eigenvalue weighted by molar-refractivity contribution is 9.10. The number of halogens is 1. The highest BCUT2D eigenvalue weighted by Gasteiger charge is 2.20. The first kappa shape index (κ1) is 9.61. The van der Waals surface area contributed by atoms with E-state index in [9.17, 15) is 4.79 Å². The van der Waals surface area contributed by atoms with Crippen LogP contribution < -0.4 is 5.32 Å². The van der Waals surface area contributed by atoms with Gasteiger partial charge in [-0.25, -0.2) is 4.98 Å². The summed E-state index contributed by atoms with van der Waals surface area (Å²) < 4.78 is 5.62. The molecule has 1 aromatic heterocycles. The van der Waals surface area contributed by atoms with Gasteiger partial charge < -0.3 is 10.1 Å². The SMILES string of the molecule is O=C(NC1COC1)c1ccnc(Br)c1. The van der Waals surface area contributed by atoms with E-state index < -0.39 is 0 Å². The molecule has 1 aromatic rings. The Balaban J connectivity index is 2.02. The van der Waals surface area contributed by atoms with Crippen LogP contribution in [-0.4, -0.2) is 30.1 Å². The zero-order chi connectivity index (χ0) is 9.97. The number of pyridine rings is 1. The molecule has 14 heavy (non-hydrogen) atoms. The van der Waals surface area contributed by atoms with Crippen molar-refractivity contribution in [3.05, 3.63) is 28.5 Å². The van der Waals surface area contributed by atoms with E-state index in [1.165, 1.54) is 0 Å². The zero-order valence-electron chi connectivity index (χ0n) is 7.37. The maximum atomic E-state index is 11.6. The van der Waals surface area contributed by atoms with Crippen molar-refractivity contribution >= 4 is 21.8 Å². The zero-order valence-corrected chi connectivity index (χ0v) is 8.95. The van der Waals surface area contributed by atoms with E-state index in [1.807, 2.05) is 0 Å². The van der Waals surface area contributed by atoms with Gasteiger partial charge in [0.2, 0.25) is 0 Å². The number of nitrogens with one attached hydrogen (secondary N) is 1. The third-order valence-corrected chi connectivity index (χ3v) is 2.40. The minimum Gasteiger partial charge on any atom is -0.377 e. The van der Waals surface area contributed by atoms with Crippen molar-refractivity contribution in [3.8, 4) is 0 Å². The normalized spacial score (nSPS) is 16.1. The van der Waals surface area contributed by atoms with Crippen molar-refractivity contribution in [3.63, 3.8) is 0 Å². The van der Waals surface area contributed by atoms with Crippen molar-refractivity contribution in [2.24, 2.45) is 0 Å². The van der Waals surface area contributed by atoms with E-state index in [-0.39, 0.29) is 11.9 Å². The lowest BCUT2D eigenvalue weighted by Crippen LogP contribution is -2.48. The molecule has 1 N–H and O–H groups in total. The number of ether oxygens (including phenoxy) is 1. The minimum absolute atomic E-state index is 0.0820. The van der Waals surface area contributed by atoms with Crippen LogP contribution in [0.25, 0.3) is 0 Å². The molecule has 0 bridgehead atoms. The fourth-order valence-electron chi connectivity index (χ4n) is 1.13. The molecule has 74 valence electrons. The third-order valence-electron chi connectivity index (χ3n) is 1.96. The lowest BCUT2D eigenvalue weighted by Gasteiger charge is -2.26. The van der Waals surface area contributed by atoms with Crippen LogP contribution in [-0.2, 0) is 4.74 Å². The molecule has 0 atom stereocenters. The Morgan fingerprint density at radius 2 is 2.43 bits per heavy atom. The van der Waals surface area contributed by atoms with Crippen LogP contribution in [0.2, 0.25) is 0 Å². The van der Waals surface area contributed by atoms with Gasteiger partial charge in [-0.3, -0.25) is 4.79 Å². The van der Waals surface area contributed by atoms with E-state index in [0.29, 0.717) is 23.4 Å². The van der Waals surface area contributed by atoms with Crippen LogP contribution in [0.15, 0.2) is 22.9 Å². The summed E-state index contributed by atoms with van der Waals surface area (Å²) in [5, 5.41) is 2.85. The molecule has 5 heteroatoms. The Morgan fingerprint density at radius 3 is 3.00 bits per heavy atom. The average Bonchev–Trinajstić information content (AvgIpc) is 2.11. The Kier molecular flexibility index (Phi) is 2.79. The number of nitrogens with zero attached hydrogens (tertiary/aromatic N) is 1. The number of aromatic nitrogens is 1. The monoisotopic (exact) mass is 256 g/mol. The molecular weight excluding hydrogens is 248 g/mol. The summed E-state index contributed by atoms with van der Waals surface area (Å²) in [4.78, 5) is 15.5.